The maximum absolute atomic E-state index is 14.4. The van der Waals surface area contributed by atoms with Crippen LogP contribution in [0.2, 0.25) is 0 Å². The smallest absolute Gasteiger partial charge is 0.326 e. The van der Waals surface area contributed by atoms with E-state index in [1.54, 1.807) is 91.3 Å². The number of hydrogen-bond donors (Lipinski definition) is 6. The third-order valence-corrected chi connectivity index (χ3v) is 9.85. The molecule has 0 fully saturated rings. The highest BCUT2D eigenvalue weighted by atomic mass is 16.4. The number of carbonyl (C=O) groups excluding carboxylic acids is 5. The Balaban J connectivity index is 1.34. The molecule has 2 aliphatic rings. The number of carboxylic acid groups (broad SMARTS) is 1. The minimum Gasteiger partial charge on any atom is -0.480 e. The van der Waals surface area contributed by atoms with Gasteiger partial charge in [0.2, 0.25) is 29.5 Å². The van der Waals surface area contributed by atoms with E-state index in [1.165, 1.54) is 0 Å². The number of benzene rings is 4. The first kappa shape index (κ1) is 41.4. The number of aliphatic carboxylic acids is 1. The molecule has 0 saturated heterocycles. The van der Waals surface area contributed by atoms with E-state index in [9.17, 15) is 33.9 Å². The monoisotopic (exact) mass is 795 g/mol. The van der Waals surface area contributed by atoms with Gasteiger partial charge in [-0.05, 0) is 53.3 Å². The summed E-state index contributed by atoms with van der Waals surface area (Å²) in [6, 6.07) is 28.7. The molecule has 0 radical (unpaired) electrons. The number of nitrogens with zero attached hydrogens (tertiary/aromatic N) is 2. The molecule has 7 rings (SSSR count). The van der Waals surface area contributed by atoms with Crippen molar-refractivity contribution in [1.29, 1.82) is 0 Å². The fourth-order valence-corrected chi connectivity index (χ4v) is 6.66. The Kier molecular flexibility index (Phi) is 14.2. The lowest BCUT2D eigenvalue weighted by Gasteiger charge is -2.26. The van der Waals surface area contributed by atoms with Crippen LogP contribution in [0.4, 0.5) is 5.69 Å². The van der Waals surface area contributed by atoms with Crippen molar-refractivity contribution in [3.8, 4) is 11.4 Å². The van der Waals surface area contributed by atoms with Crippen molar-refractivity contribution in [2.24, 2.45) is 0 Å². The van der Waals surface area contributed by atoms with E-state index in [2.05, 4.69) is 36.6 Å². The van der Waals surface area contributed by atoms with Gasteiger partial charge in [-0.1, -0.05) is 97.1 Å². The molecule has 2 aliphatic heterocycles. The summed E-state index contributed by atoms with van der Waals surface area (Å²) >= 11 is 0. The van der Waals surface area contributed by atoms with Crippen molar-refractivity contribution < 1.29 is 33.9 Å². The molecule has 302 valence electrons. The molecule has 14 nitrogen and oxygen atoms in total. The van der Waals surface area contributed by atoms with E-state index in [4.69, 9.17) is 0 Å². The summed E-state index contributed by atoms with van der Waals surface area (Å²) in [6.45, 7) is 0. The highest BCUT2D eigenvalue weighted by Crippen LogP contribution is 2.17. The van der Waals surface area contributed by atoms with E-state index in [1.807, 2.05) is 36.4 Å². The highest BCUT2D eigenvalue weighted by molar-refractivity contribution is 5.96. The molecule has 4 atom stereocenters. The number of hydrogen-bond acceptors (Lipinski definition) is 8. The number of carboxylic acids is 1. The summed E-state index contributed by atoms with van der Waals surface area (Å²) in [7, 11) is 0. The van der Waals surface area contributed by atoms with Crippen molar-refractivity contribution in [2.75, 3.05) is 5.32 Å². The van der Waals surface area contributed by atoms with Gasteiger partial charge in [0.15, 0.2) is 5.82 Å². The van der Waals surface area contributed by atoms with Crippen LogP contribution in [0.5, 0.6) is 0 Å². The largest absolute Gasteiger partial charge is 0.480 e. The Morgan fingerprint density at radius 3 is 1.73 bits per heavy atom. The minimum absolute atomic E-state index is 0.0136. The lowest BCUT2D eigenvalue weighted by molar-refractivity contribution is -0.142. The maximum atomic E-state index is 14.4. The summed E-state index contributed by atoms with van der Waals surface area (Å²) < 4.78 is 0. The summed E-state index contributed by atoms with van der Waals surface area (Å²) in [5, 5.41) is 23.9. The normalized spacial score (nSPS) is 19.6. The van der Waals surface area contributed by atoms with E-state index >= 15 is 0 Å². The van der Waals surface area contributed by atoms with Crippen LogP contribution in [0.15, 0.2) is 128 Å². The predicted octanol–water partition coefficient (Wildman–Crippen LogP) is 3.56. The van der Waals surface area contributed by atoms with Crippen LogP contribution in [0.3, 0.4) is 0 Å². The zero-order chi connectivity index (χ0) is 41.6. The van der Waals surface area contributed by atoms with Crippen LogP contribution < -0.4 is 26.6 Å². The van der Waals surface area contributed by atoms with Crippen molar-refractivity contribution >= 4 is 41.2 Å². The second-order valence-electron chi connectivity index (χ2n) is 14.3. The van der Waals surface area contributed by atoms with Gasteiger partial charge < -0.3 is 31.7 Å². The van der Waals surface area contributed by atoms with E-state index < -0.39 is 59.7 Å². The summed E-state index contributed by atoms with van der Waals surface area (Å²) in [6.07, 6.45) is 3.37. The van der Waals surface area contributed by atoms with Gasteiger partial charge in [-0.25, -0.2) is 14.8 Å². The van der Waals surface area contributed by atoms with Crippen molar-refractivity contribution in [3.63, 3.8) is 0 Å². The average Bonchev–Trinajstić information content (AvgIpc) is 3.25. The number of aryl methyl sites for hydroxylation is 1. The van der Waals surface area contributed by atoms with Crippen molar-refractivity contribution in [1.82, 2.24) is 31.2 Å². The molecule has 0 spiro atoms. The molecule has 14 heteroatoms. The molecule has 4 aromatic carbocycles. The molecule has 0 aliphatic carbocycles. The minimum atomic E-state index is -1.36. The van der Waals surface area contributed by atoms with Gasteiger partial charge in [-0.3, -0.25) is 24.0 Å². The average molecular weight is 796 g/mol. The van der Waals surface area contributed by atoms with Crippen LogP contribution in [-0.4, -0.2) is 74.7 Å². The molecule has 59 heavy (non-hydrogen) atoms. The molecule has 1 aromatic heterocycles. The topological polar surface area (TPSA) is 209 Å². The fraction of sp³-hybridized carbons (Fsp3) is 0.244. The second kappa shape index (κ2) is 20.3. The van der Waals surface area contributed by atoms with Gasteiger partial charge in [0, 0.05) is 55.7 Å². The van der Waals surface area contributed by atoms with Gasteiger partial charge in [0.05, 0.1) is 0 Å². The van der Waals surface area contributed by atoms with E-state index in [-0.39, 0.29) is 38.5 Å². The van der Waals surface area contributed by atoms with Crippen LogP contribution in [0.1, 0.15) is 41.5 Å². The van der Waals surface area contributed by atoms with Gasteiger partial charge in [-0.15, -0.1) is 0 Å². The van der Waals surface area contributed by atoms with Gasteiger partial charge >= 0.3 is 5.97 Å². The Morgan fingerprint density at radius 2 is 1.12 bits per heavy atom. The standard InChI is InChI=1S/C45H45N7O7/c53-39-22-23-40(54)49-35(21-16-29-8-3-1-4-9-29)42(55)50-37(27-31-12-17-33(18-13-31)41-46-24-7-25-47-41)43(56)51-36(26-30-10-5-2-6-11-30)44(57)52-38(45(58)59)28-32-14-19-34(48-39)20-15-32/h1-15,17-20,24-25,35-38H,16,21-23,26-28H2,(H,48,53)(H,49,54)(H,50,55)(H,51,56)(H,52,57)(H,58,59)/t35-,36-,37+,38+/m1/s1. The zero-order valence-electron chi connectivity index (χ0n) is 32.2. The molecular weight excluding hydrogens is 751 g/mol. The number of fused-ring (bicyclic) bond motifs is 18. The molecule has 0 saturated carbocycles. The number of rotatable bonds is 9. The first-order valence-corrected chi connectivity index (χ1v) is 19.4. The van der Waals surface area contributed by atoms with Crippen LogP contribution in [-0.2, 0) is 54.5 Å². The summed E-state index contributed by atoms with van der Waals surface area (Å²) in [5.41, 5.74) is 4.02. The Hall–Kier alpha value is -7.22. The molecule has 5 aromatic rings. The van der Waals surface area contributed by atoms with Crippen molar-refractivity contribution in [2.45, 2.75) is 69.1 Å². The summed E-state index contributed by atoms with van der Waals surface area (Å²) in [5.74, 6) is -3.85. The van der Waals surface area contributed by atoms with Gasteiger partial charge in [0.1, 0.15) is 24.2 Å². The van der Waals surface area contributed by atoms with E-state index in [0.29, 0.717) is 34.6 Å². The number of nitrogens with one attached hydrogen (secondary N) is 5. The predicted molar refractivity (Wildman–Crippen MR) is 219 cm³/mol. The number of carbonyl (C=O) groups is 6. The SMILES string of the molecule is O=C1CCC(=O)N[C@H](CCc2ccccc2)C(=O)N[C@@H](Cc2ccc(-c3ncccn3)cc2)C(=O)N[C@H](Cc2ccccc2)C(=O)N[C@H](C(=O)O)Cc2ccc(cc2)N1. The quantitative estimate of drug-likeness (QED) is 0.120. The number of aromatic nitrogens is 2. The first-order valence-electron chi connectivity index (χ1n) is 19.4. The molecule has 0 unspecified atom stereocenters. The molecule has 2 bridgehead atoms. The Bertz CT molecular complexity index is 2220. The van der Waals surface area contributed by atoms with Crippen LogP contribution in [0.25, 0.3) is 11.4 Å². The van der Waals surface area contributed by atoms with Crippen LogP contribution >= 0.6 is 0 Å². The van der Waals surface area contributed by atoms with Crippen LogP contribution in [0, 0.1) is 0 Å². The lowest BCUT2D eigenvalue weighted by Crippen LogP contribution is -2.59. The molecular formula is C45H45N7O7. The summed E-state index contributed by atoms with van der Waals surface area (Å²) in [4.78, 5) is 89.8. The fourth-order valence-electron chi connectivity index (χ4n) is 6.66. The van der Waals surface area contributed by atoms with Gasteiger partial charge in [-0.2, -0.15) is 0 Å². The molecule has 5 amide bonds. The number of amides is 5. The second-order valence-corrected chi connectivity index (χ2v) is 14.3. The van der Waals surface area contributed by atoms with Gasteiger partial charge in [0.25, 0.3) is 0 Å². The van der Waals surface area contributed by atoms with Crippen molar-refractivity contribution in [3.05, 3.63) is 150 Å². The van der Waals surface area contributed by atoms with E-state index in [0.717, 1.165) is 11.1 Å². The zero-order valence-corrected chi connectivity index (χ0v) is 32.2. The lowest BCUT2D eigenvalue weighted by atomic mass is 9.99. The first-order chi connectivity index (χ1) is 28.6. The highest BCUT2D eigenvalue weighted by Gasteiger charge is 2.32. The number of anilines is 1. The Morgan fingerprint density at radius 1 is 0.576 bits per heavy atom. The molecule has 3 heterocycles. The maximum Gasteiger partial charge on any atom is 0.326 e. The third-order valence-electron chi connectivity index (χ3n) is 9.85. The molecule has 6 N–H and O–H groups in total. The Labute approximate surface area is 341 Å². The third kappa shape index (κ3) is 12.4.